The van der Waals surface area contributed by atoms with Crippen LogP contribution in [0, 0.1) is 0 Å². The number of nitrogens with zero attached hydrogens (tertiary/aromatic N) is 1. The average molecular weight is 267 g/mol. The lowest BCUT2D eigenvalue weighted by atomic mass is 10.2. The van der Waals surface area contributed by atoms with Crippen molar-refractivity contribution in [2.24, 2.45) is 0 Å². The molecule has 1 unspecified atom stereocenters. The van der Waals surface area contributed by atoms with Crippen LogP contribution >= 0.6 is 12.6 Å². The van der Waals surface area contributed by atoms with Gasteiger partial charge in [-0.25, -0.2) is 4.79 Å². The van der Waals surface area contributed by atoms with Crippen LogP contribution in [0.5, 0.6) is 0 Å². The Morgan fingerprint density at radius 2 is 2.06 bits per heavy atom. The highest BCUT2D eigenvalue weighted by Gasteiger charge is 2.17. The Morgan fingerprint density at radius 1 is 1.39 bits per heavy atom. The fourth-order valence-corrected chi connectivity index (χ4v) is 1.80. The summed E-state index contributed by atoms with van der Waals surface area (Å²) in [5.74, 6) is 0. The monoisotopic (exact) mass is 267 g/mol. The molecule has 4 heteroatoms. The van der Waals surface area contributed by atoms with Gasteiger partial charge in [0.2, 0.25) is 0 Å². The van der Waals surface area contributed by atoms with Gasteiger partial charge in [0, 0.05) is 7.05 Å². The Kier molecular flexibility index (Phi) is 6.65. The summed E-state index contributed by atoms with van der Waals surface area (Å²) in [5.41, 5.74) is 0.989. The molecule has 1 amide bonds. The van der Waals surface area contributed by atoms with Crippen molar-refractivity contribution >= 4 is 18.7 Å². The first kappa shape index (κ1) is 14.9. The SMILES string of the molecule is CCCCC(S)N(C)C(=O)OCc1ccccc1. The first-order valence-electron chi connectivity index (χ1n) is 6.26. The van der Waals surface area contributed by atoms with E-state index in [1.165, 1.54) is 0 Å². The second-order valence-electron chi connectivity index (χ2n) is 4.27. The maximum absolute atomic E-state index is 11.8. The number of amides is 1. The Labute approximate surface area is 115 Å². The fraction of sp³-hybridized carbons (Fsp3) is 0.500. The number of rotatable bonds is 6. The predicted octanol–water partition coefficient (Wildman–Crippen LogP) is 3.70. The van der Waals surface area contributed by atoms with Gasteiger partial charge in [-0.05, 0) is 12.0 Å². The average Bonchev–Trinajstić information content (AvgIpc) is 2.42. The highest BCUT2D eigenvalue weighted by Crippen LogP contribution is 2.12. The quantitative estimate of drug-likeness (QED) is 0.629. The van der Waals surface area contributed by atoms with E-state index in [0.717, 1.165) is 24.8 Å². The zero-order chi connectivity index (χ0) is 13.4. The highest BCUT2D eigenvalue weighted by molar-refractivity contribution is 7.80. The van der Waals surface area contributed by atoms with Crippen LogP contribution in [0.25, 0.3) is 0 Å². The summed E-state index contributed by atoms with van der Waals surface area (Å²) in [6, 6.07) is 9.65. The van der Waals surface area contributed by atoms with Gasteiger partial charge in [0.1, 0.15) is 6.61 Å². The van der Waals surface area contributed by atoms with Gasteiger partial charge in [-0.1, -0.05) is 50.1 Å². The molecule has 1 aromatic rings. The Hall–Kier alpha value is -1.16. The number of ether oxygens (including phenoxy) is 1. The molecule has 1 aromatic carbocycles. The van der Waals surface area contributed by atoms with E-state index in [4.69, 9.17) is 4.74 Å². The topological polar surface area (TPSA) is 29.5 Å². The van der Waals surface area contributed by atoms with Crippen molar-refractivity contribution in [2.75, 3.05) is 7.05 Å². The molecule has 100 valence electrons. The van der Waals surface area contributed by atoms with Gasteiger partial charge in [0.25, 0.3) is 0 Å². The minimum atomic E-state index is -0.324. The third-order valence-electron chi connectivity index (χ3n) is 2.76. The van der Waals surface area contributed by atoms with Crippen molar-refractivity contribution in [3.05, 3.63) is 35.9 Å². The van der Waals surface area contributed by atoms with Crippen molar-refractivity contribution in [3.63, 3.8) is 0 Å². The summed E-state index contributed by atoms with van der Waals surface area (Å²) >= 11 is 4.40. The van der Waals surface area contributed by atoms with Crippen LogP contribution in [0.4, 0.5) is 4.79 Å². The number of thiol groups is 1. The maximum Gasteiger partial charge on any atom is 0.410 e. The van der Waals surface area contributed by atoms with E-state index in [2.05, 4.69) is 19.6 Å². The van der Waals surface area contributed by atoms with Crippen LogP contribution in [0.15, 0.2) is 30.3 Å². The van der Waals surface area contributed by atoms with Crippen LogP contribution in [-0.4, -0.2) is 23.4 Å². The molecule has 0 spiro atoms. The normalized spacial score (nSPS) is 11.9. The van der Waals surface area contributed by atoms with Crippen LogP contribution in [0.2, 0.25) is 0 Å². The molecular formula is C14H21NO2S. The van der Waals surface area contributed by atoms with Crippen LogP contribution < -0.4 is 0 Å². The van der Waals surface area contributed by atoms with E-state index in [9.17, 15) is 4.79 Å². The minimum Gasteiger partial charge on any atom is -0.445 e. The van der Waals surface area contributed by atoms with Gasteiger partial charge in [0.05, 0.1) is 5.37 Å². The van der Waals surface area contributed by atoms with E-state index in [0.29, 0.717) is 6.61 Å². The Balaban J connectivity index is 2.36. The molecule has 1 rings (SSSR count). The van der Waals surface area contributed by atoms with Crippen molar-refractivity contribution in [1.29, 1.82) is 0 Å². The molecule has 0 heterocycles. The molecule has 0 aromatic heterocycles. The largest absolute Gasteiger partial charge is 0.445 e. The molecule has 18 heavy (non-hydrogen) atoms. The highest BCUT2D eigenvalue weighted by atomic mass is 32.1. The van der Waals surface area contributed by atoms with E-state index >= 15 is 0 Å². The van der Waals surface area contributed by atoms with Gasteiger partial charge < -0.3 is 4.74 Å². The molecule has 0 aliphatic carbocycles. The summed E-state index contributed by atoms with van der Waals surface area (Å²) in [4.78, 5) is 13.3. The number of carbonyl (C=O) groups is 1. The summed E-state index contributed by atoms with van der Waals surface area (Å²) in [6.07, 6.45) is 2.72. The second-order valence-corrected chi connectivity index (χ2v) is 4.87. The number of unbranched alkanes of at least 4 members (excludes halogenated alkanes) is 1. The van der Waals surface area contributed by atoms with Crippen molar-refractivity contribution in [1.82, 2.24) is 4.90 Å². The van der Waals surface area contributed by atoms with Crippen LogP contribution in [0.1, 0.15) is 31.7 Å². The minimum absolute atomic E-state index is 0.0757. The van der Waals surface area contributed by atoms with E-state index in [1.54, 1.807) is 11.9 Å². The Morgan fingerprint density at radius 3 is 2.67 bits per heavy atom. The van der Waals surface area contributed by atoms with Gasteiger partial charge in [0.15, 0.2) is 0 Å². The standard InChI is InChI=1S/C14H21NO2S/c1-3-4-10-13(18)15(2)14(16)17-11-12-8-6-5-7-9-12/h5-9,13,18H,3-4,10-11H2,1-2H3. The Bertz CT molecular complexity index is 356. The molecule has 0 bridgehead atoms. The molecule has 0 aliphatic rings. The molecule has 0 radical (unpaired) electrons. The first-order chi connectivity index (χ1) is 8.65. The van der Waals surface area contributed by atoms with E-state index in [-0.39, 0.29) is 11.5 Å². The molecule has 0 fully saturated rings. The lowest BCUT2D eigenvalue weighted by Gasteiger charge is -2.23. The van der Waals surface area contributed by atoms with Gasteiger partial charge in [-0.2, -0.15) is 12.6 Å². The maximum atomic E-state index is 11.8. The summed E-state index contributed by atoms with van der Waals surface area (Å²) in [6.45, 7) is 2.42. The summed E-state index contributed by atoms with van der Waals surface area (Å²) in [7, 11) is 1.72. The van der Waals surface area contributed by atoms with Crippen molar-refractivity contribution < 1.29 is 9.53 Å². The number of benzene rings is 1. The lowest BCUT2D eigenvalue weighted by Crippen LogP contribution is -2.34. The van der Waals surface area contributed by atoms with Gasteiger partial charge >= 0.3 is 6.09 Å². The molecule has 3 nitrogen and oxygen atoms in total. The van der Waals surface area contributed by atoms with Crippen molar-refractivity contribution in [3.8, 4) is 0 Å². The first-order valence-corrected chi connectivity index (χ1v) is 6.78. The van der Waals surface area contributed by atoms with Gasteiger partial charge in [-0.15, -0.1) is 0 Å². The zero-order valence-corrected chi connectivity index (χ0v) is 11.9. The van der Waals surface area contributed by atoms with Crippen LogP contribution in [0.3, 0.4) is 0 Å². The molecule has 0 aliphatic heterocycles. The van der Waals surface area contributed by atoms with Crippen molar-refractivity contribution in [2.45, 2.75) is 38.2 Å². The molecule has 1 atom stereocenters. The van der Waals surface area contributed by atoms with Gasteiger partial charge in [-0.3, -0.25) is 4.90 Å². The smallest absolute Gasteiger partial charge is 0.410 e. The van der Waals surface area contributed by atoms with E-state index in [1.807, 2.05) is 30.3 Å². The molecule has 0 saturated carbocycles. The lowest BCUT2D eigenvalue weighted by molar-refractivity contribution is 0.101. The third-order valence-corrected chi connectivity index (χ3v) is 3.36. The van der Waals surface area contributed by atoms with E-state index < -0.39 is 0 Å². The van der Waals surface area contributed by atoms with Crippen LogP contribution in [-0.2, 0) is 11.3 Å². The molecular weight excluding hydrogens is 246 g/mol. The number of carbonyl (C=O) groups excluding carboxylic acids is 1. The number of hydrogen-bond acceptors (Lipinski definition) is 3. The molecule has 0 saturated heterocycles. The predicted molar refractivity (Wildman–Crippen MR) is 76.7 cm³/mol. The number of hydrogen-bond donors (Lipinski definition) is 1. The third kappa shape index (κ3) is 5.00. The summed E-state index contributed by atoms with van der Waals surface area (Å²) < 4.78 is 5.23. The summed E-state index contributed by atoms with van der Waals surface area (Å²) in [5, 5.41) is -0.0757. The fourth-order valence-electron chi connectivity index (χ4n) is 1.52. The molecule has 0 N–H and O–H groups in total. The zero-order valence-electron chi connectivity index (χ0n) is 11.0. The second kappa shape index (κ2) is 8.03.